The Hall–Kier alpha value is -3.42. The van der Waals surface area contributed by atoms with Crippen LogP contribution < -0.4 is 0 Å². The number of aliphatic hydroxyl groups excluding tert-OH is 1. The lowest BCUT2D eigenvalue weighted by molar-refractivity contribution is -0.129. The van der Waals surface area contributed by atoms with Gasteiger partial charge in [0.2, 0.25) is 5.78 Å². The predicted octanol–water partition coefficient (Wildman–Crippen LogP) is 5.17. The number of ketones is 1. The summed E-state index contributed by atoms with van der Waals surface area (Å²) in [6.45, 7) is 10.6. The molecule has 7 nitrogen and oxygen atoms in total. The molecular formula is C30H34N2O5. The van der Waals surface area contributed by atoms with Crippen LogP contribution in [-0.4, -0.2) is 66.0 Å². The maximum Gasteiger partial charge on any atom is 0.290 e. The van der Waals surface area contributed by atoms with Crippen molar-refractivity contribution in [1.29, 1.82) is 0 Å². The number of aliphatic hydroxyl groups is 1. The normalized spacial score (nSPS) is 19.0. The van der Waals surface area contributed by atoms with Crippen LogP contribution in [0.1, 0.15) is 59.5 Å². The molecule has 0 radical (unpaired) electrons. The fourth-order valence-electron chi connectivity index (χ4n) is 5.22. The predicted molar refractivity (Wildman–Crippen MR) is 142 cm³/mol. The summed E-state index contributed by atoms with van der Waals surface area (Å²) in [6, 6.07) is 14.7. The monoisotopic (exact) mass is 502 g/mol. The molecule has 2 aliphatic heterocycles. The van der Waals surface area contributed by atoms with E-state index in [0.717, 1.165) is 42.6 Å². The molecule has 0 bridgehead atoms. The fourth-order valence-corrected chi connectivity index (χ4v) is 5.22. The van der Waals surface area contributed by atoms with Gasteiger partial charge in [0.1, 0.15) is 5.58 Å². The van der Waals surface area contributed by atoms with E-state index in [1.54, 1.807) is 11.0 Å². The minimum atomic E-state index is -0.680. The Balaban J connectivity index is 1.46. The lowest BCUT2D eigenvalue weighted by atomic mass is 9.93. The Labute approximate surface area is 217 Å². The Morgan fingerprint density at radius 3 is 2.49 bits per heavy atom. The second-order valence-corrected chi connectivity index (χ2v) is 10.3. The zero-order valence-corrected chi connectivity index (χ0v) is 21.7. The number of hydrogen-bond donors (Lipinski definition) is 1. The quantitative estimate of drug-likeness (QED) is 0.428. The molecule has 1 N–H and O–H groups in total. The number of benzene rings is 2. The molecule has 3 aromatic rings. The summed E-state index contributed by atoms with van der Waals surface area (Å²) < 4.78 is 11.3. The average molecular weight is 503 g/mol. The molecule has 5 rings (SSSR count). The van der Waals surface area contributed by atoms with Gasteiger partial charge in [0.25, 0.3) is 5.91 Å². The Morgan fingerprint density at radius 2 is 1.78 bits per heavy atom. The van der Waals surface area contributed by atoms with Crippen molar-refractivity contribution in [3.63, 3.8) is 0 Å². The summed E-state index contributed by atoms with van der Waals surface area (Å²) in [5, 5.41) is 11.8. The van der Waals surface area contributed by atoms with Crippen LogP contribution in [0.3, 0.4) is 0 Å². The number of Topliss-reactive ketones (excluding diaryl/α,β-unsaturated/α-hetero) is 1. The van der Waals surface area contributed by atoms with E-state index in [0.29, 0.717) is 31.3 Å². The first-order chi connectivity index (χ1) is 17.8. The Bertz CT molecular complexity index is 1330. The van der Waals surface area contributed by atoms with Crippen molar-refractivity contribution in [2.24, 2.45) is 0 Å². The second-order valence-electron chi connectivity index (χ2n) is 10.3. The van der Waals surface area contributed by atoms with Crippen molar-refractivity contribution < 1.29 is 23.8 Å². The number of aryl methyl sites for hydroxylation is 1. The standard InChI is InChI=1S/C30H34N2O5/c1-19(2)21-6-8-22(9-7-21)27-26(28(33)25-18-23-17-20(3)5-10-24(23)37-25)29(34)30(35)32(27)12-4-11-31-13-15-36-16-14-31/h5-10,17-19,27,34H,4,11-16H2,1-3H3. The third-order valence-electron chi connectivity index (χ3n) is 7.34. The van der Waals surface area contributed by atoms with Crippen LogP contribution in [0.15, 0.2) is 64.3 Å². The molecule has 0 aliphatic carbocycles. The van der Waals surface area contributed by atoms with E-state index in [2.05, 4.69) is 18.7 Å². The summed E-state index contributed by atoms with van der Waals surface area (Å²) in [5.74, 6) is -1.00. The molecule has 1 aromatic heterocycles. The first-order valence-corrected chi connectivity index (χ1v) is 13.0. The smallest absolute Gasteiger partial charge is 0.290 e. The van der Waals surface area contributed by atoms with Crippen LogP contribution in [0, 0.1) is 6.92 Å². The highest BCUT2D eigenvalue weighted by atomic mass is 16.5. The van der Waals surface area contributed by atoms with Gasteiger partial charge in [0.05, 0.1) is 24.8 Å². The summed E-state index contributed by atoms with van der Waals surface area (Å²) in [6.07, 6.45) is 0.727. The molecule has 1 unspecified atom stereocenters. The molecule has 1 atom stereocenters. The van der Waals surface area contributed by atoms with Crippen LogP contribution >= 0.6 is 0 Å². The first-order valence-electron chi connectivity index (χ1n) is 13.0. The average Bonchev–Trinajstić information content (AvgIpc) is 3.43. The lowest BCUT2D eigenvalue weighted by Crippen LogP contribution is -2.39. The molecule has 2 aromatic carbocycles. The highest BCUT2D eigenvalue weighted by Gasteiger charge is 2.44. The van der Waals surface area contributed by atoms with Gasteiger partial charge < -0.3 is 19.2 Å². The molecule has 1 amide bonds. The molecule has 1 saturated heterocycles. The van der Waals surface area contributed by atoms with Gasteiger partial charge in [-0.2, -0.15) is 0 Å². The van der Waals surface area contributed by atoms with Crippen molar-refractivity contribution in [2.45, 2.75) is 39.2 Å². The van der Waals surface area contributed by atoms with E-state index in [9.17, 15) is 14.7 Å². The van der Waals surface area contributed by atoms with Gasteiger partial charge in [0, 0.05) is 31.6 Å². The number of morpholine rings is 1. The van der Waals surface area contributed by atoms with E-state index in [-0.39, 0.29) is 11.3 Å². The van der Waals surface area contributed by atoms with E-state index in [1.807, 2.05) is 49.4 Å². The van der Waals surface area contributed by atoms with Crippen molar-refractivity contribution in [2.75, 3.05) is 39.4 Å². The molecule has 0 saturated carbocycles. The number of ether oxygens (including phenoxy) is 1. The number of carbonyl (C=O) groups is 2. The summed E-state index contributed by atoms with van der Waals surface area (Å²) in [7, 11) is 0. The maximum atomic E-state index is 13.8. The highest BCUT2D eigenvalue weighted by Crippen LogP contribution is 2.40. The number of carbonyl (C=O) groups excluding carboxylic acids is 2. The summed E-state index contributed by atoms with van der Waals surface area (Å²) in [4.78, 5) is 31.0. The molecule has 194 valence electrons. The van der Waals surface area contributed by atoms with Crippen LogP contribution in [0.4, 0.5) is 0 Å². The maximum absolute atomic E-state index is 13.8. The summed E-state index contributed by atoms with van der Waals surface area (Å²) in [5.41, 5.74) is 3.69. The van der Waals surface area contributed by atoms with E-state index in [1.165, 1.54) is 5.56 Å². The molecule has 2 aliphatic rings. The molecule has 3 heterocycles. The van der Waals surface area contributed by atoms with Crippen molar-refractivity contribution in [3.05, 3.63) is 82.3 Å². The number of nitrogens with zero attached hydrogens (tertiary/aromatic N) is 2. The van der Waals surface area contributed by atoms with Crippen molar-refractivity contribution >= 4 is 22.7 Å². The number of rotatable bonds is 8. The SMILES string of the molecule is Cc1ccc2oc(C(=O)C3=C(O)C(=O)N(CCCN4CCOCC4)C3c3ccc(C(C)C)cc3)cc2c1. The van der Waals surface area contributed by atoms with Gasteiger partial charge in [-0.05, 0) is 48.6 Å². The topological polar surface area (TPSA) is 83.2 Å². The molecule has 1 fully saturated rings. The highest BCUT2D eigenvalue weighted by molar-refractivity contribution is 6.16. The molecule has 7 heteroatoms. The minimum Gasteiger partial charge on any atom is -0.503 e. The molecule has 0 spiro atoms. The fraction of sp³-hybridized carbons (Fsp3) is 0.400. The number of furan rings is 1. The Kier molecular flexibility index (Phi) is 7.17. The van der Waals surface area contributed by atoms with Crippen molar-refractivity contribution in [3.8, 4) is 0 Å². The molecular weight excluding hydrogens is 468 g/mol. The summed E-state index contributed by atoms with van der Waals surface area (Å²) >= 11 is 0. The van der Waals surface area contributed by atoms with Crippen LogP contribution in [0.2, 0.25) is 0 Å². The van der Waals surface area contributed by atoms with E-state index < -0.39 is 23.5 Å². The molecule has 37 heavy (non-hydrogen) atoms. The van der Waals surface area contributed by atoms with Crippen LogP contribution in [-0.2, 0) is 9.53 Å². The third-order valence-corrected chi connectivity index (χ3v) is 7.34. The number of hydrogen-bond acceptors (Lipinski definition) is 6. The number of fused-ring (bicyclic) bond motifs is 1. The number of amides is 1. The minimum absolute atomic E-state index is 0.0736. The van der Waals surface area contributed by atoms with Crippen molar-refractivity contribution in [1.82, 2.24) is 9.80 Å². The van der Waals surface area contributed by atoms with Gasteiger partial charge in [-0.1, -0.05) is 49.7 Å². The van der Waals surface area contributed by atoms with Gasteiger partial charge >= 0.3 is 0 Å². The van der Waals surface area contributed by atoms with Gasteiger partial charge in [-0.25, -0.2) is 0 Å². The third kappa shape index (κ3) is 5.06. The zero-order chi connectivity index (χ0) is 26.1. The van der Waals surface area contributed by atoms with Gasteiger partial charge in [-0.3, -0.25) is 14.5 Å². The zero-order valence-electron chi connectivity index (χ0n) is 21.7. The lowest BCUT2D eigenvalue weighted by Gasteiger charge is -2.30. The largest absolute Gasteiger partial charge is 0.503 e. The second kappa shape index (κ2) is 10.5. The Morgan fingerprint density at radius 1 is 1.05 bits per heavy atom. The van der Waals surface area contributed by atoms with Crippen LogP contribution in [0.25, 0.3) is 11.0 Å². The van der Waals surface area contributed by atoms with E-state index >= 15 is 0 Å². The first kappa shape index (κ1) is 25.2. The van der Waals surface area contributed by atoms with Crippen LogP contribution in [0.5, 0.6) is 0 Å². The van der Waals surface area contributed by atoms with E-state index in [4.69, 9.17) is 9.15 Å². The van der Waals surface area contributed by atoms with Gasteiger partial charge in [0.15, 0.2) is 11.5 Å². The van der Waals surface area contributed by atoms with Gasteiger partial charge in [-0.15, -0.1) is 0 Å².